The third kappa shape index (κ3) is 3.23. The van der Waals surface area contributed by atoms with Crippen LogP contribution in [0.5, 0.6) is 0 Å². The van der Waals surface area contributed by atoms with Gasteiger partial charge < -0.3 is 0 Å². The van der Waals surface area contributed by atoms with Crippen LogP contribution in [0.4, 0.5) is 4.39 Å². The highest BCUT2D eigenvalue weighted by atomic mass is 35.5. The van der Waals surface area contributed by atoms with Crippen LogP contribution in [-0.2, 0) is 0 Å². The maximum Gasteiger partial charge on any atom is 0.141 e. The van der Waals surface area contributed by atoms with E-state index in [2.05, 4.69) is 11.2 Å². The number of terminal acetylenes is 1. The van der Waals surface area contributed by atoms with Gasteiger partial charge in [0.05, 0.1) is 10.6 Å². The molecular weight excluding hydrogens is 225 g/mol. The van der Waals surface area contributed by atoms with Crippen LogP contribution in [0.2, 0.25) is 5.02 Å². The van der Waals surface area contributed by atoms with E-state index in [9.17, 15) is 4.39 Å². The Kier molecular flexibility index (Phi) is 3.96. The molecule has 1 aromatic carbocycles. The topological polar surface area (TPSA) is 12.0 Å². The monoisotopic (exact) mass is 239 g/mol. The summed E-state index contributed by atoms with van der Waals surface area (Å²) in [6, 6.07) is 4.69. The molecule has 0 aliphatic carbocycles. The molecule has 0 aromatic heterocycles. The Labute approximate surface area is 101 Å². The molecule has 86 valence electrons. The van der Waals surface area contributed by atoms with E-state index >= 15 is 0 Å². The van der Waals surface area contributed by atoms with Gasteiger partial charge >= 0.3 is 0 Å². The van der Waals surface area contributed by atoms with Crippen molar-refractivity contribution in [3.8, 4) is 12.3 Å². The lowest BCUT2D eigenvalue weighted by molar-refractivity contribution is 0.431. The van der Waals surface area contributed by atoms with Crippen LogP contribution < -0.4 is 5.32 Å². The van der Waals surface area contributed by atoms with Crippen LogP contribution in [-0.4, -0.2) is 5.54 Å². The molecule has 1 atom stereocenters. The minimum absolute atomic E-state index is 0.0177. The lowest BCUT2D eigenvalue weighted by Gasteiger charge is -2.25. The maximum absolute atomic E-state index is 13.0. The second-order valence-electron chi connectivity index (χ2n) is 4.31. The van der Waals surface area contributed by atoms with Crippen LogP contribution in [0, 0.1) is 18.2 Å². The summed E-state index contributed by atoms with van der Waals surface area (Å²) < 4.78 is 13.0. The highest BCUT2D eigenvalue weighted by Crippen LogP contribution is 2.22. The van der Waals surface area contributed by atoms with Gasteiger partial charge in [-0.1, -0.05) is 23.6 Å². The largest absolute Gasteiger partial charge is 0.295 e. The van der Waals surface area contributed by atoms with Crippen molar-refractivity contribution in [2.24, 2.45) is 0 Å². The normalized spacial score (nSPS) is 13.2. The first-order chi connectivity index (χ1) is 7.35. The molecule has 16 heavy (non-hydrogen) atoms. The molecular formula is C13H15ClFN. The third-order valence-electron chi connectivity index (χ3n) is 2.38. The number of rotatable bonds is 3. The second kappa shape index (κ2) is 4.86. The van der Waals surface area contributed by atoms with Gasteiger partial charge in [0, 0.05) is 6.04 Å². The van der Waals surface area contributed by atoms with Gasteiger partial charge in [0.15, 0.2) is 0 Å². The number of hydrogen-bond acceptors (Lipinski definition) is 1. The Balaban J connectivity index is 2.86. The van der Waals surface area contributed by atoms with E-state index in [0.29, 0.717) is 0 Å². The molecule has 0 aliphatic heterocycles. The predicted octanol–water partition coefficient (Wildman–Crippen LogP) is 3.54. The van der Waals surface area contributed by atoms with Crippen molar-refractivity contribution >= 4 is 11.6 Å². The maximum atomic E-state index is 13.0. The van der Waals surface area contributed by atoms with Gasteiger partial charge in [0.25, 0.3) is 0 Å². The smallest absolute Gasteiger partial charge is 0.141 e. The molecule has 0 amide bonds. The van der Waals surface area contributed by atoms with Gasteiger partial charge in [-0.2, -0.15) is 0 Å². The summed E-state index contributed by atoms with van der Waals surface area (Å²) in [6.45, 7) is 5.78. The fourth-order valence-corrected chi connectivity index (χ4v) is 1.64. The lowest BCUT2D eigenvalue weighted by atomic mass is 10.0. The van der Waals surface area contributed by atoms with E-state index in [-0.39, 0.29) is 11.1 Å². The van der Waals surface area contributed by atoms with Crippen molar-refractivity contribution in [3.63, 3.8) is 0 Å². The Bertz CT molecular complexity index is 420. The van der Waals surface area contributed by atoms with Crippen LogP contribution in [0.3, 0.4) is 0 Å². The highest BCUT2D eigenvalue weighted by molar-refractivity contribution is 6.30. The summed E-state index contributed by atoms with van der Waals surface area (Å²) in [5.41, 5.74) is 0.509. The first-order valence-corrected chi connectivity index (χ1v) is 5.44. The Hall–Kier alpha value is -1.04. The summed E-state index contributed by atoms with van der Waals surface area (Å²) >= 11 is 5.72. The van der Waals surface area contributed by atoms with Crippen LogP contribution in [0.1, 0.15) is 32.4 Å². The Morgan fingerprint density at radius 1 is 1.50 bits per heavy atom. The number of nitrogens with one attached hydrogen (secondary N) is 1. The minimum atomic E-state index is -0.408. The average Bonchev–Trinajstić information content (AvgIpc) is 2.21. The molecule has 0 heterocycles. The summed E-state index contributed by atoms with van der Waals surface area (Å²) in [5.74, 6) is 2.24. The third-order valence-corrected chi connectivity index (χ3v) is 2.67. The Morgan fingerprint density at radius 3 is 2.62 bits per heavy atom. The molecule has 0 saturated heterocycles. The van der Waals surface area contributed by atoms with E-state index in [1.807, 2.05) is 20.8 Å². The zero-order valence-corrected chi connectivity index (χ0v) is 10.4. The average molecular weight is 240 g/mol. The highest BCUT2D eigenvalue weighted by Gasteiger charge is 2.18. The molecule has 0 bridgehead atoms. The van der Waals surface area contributed by atoms with E-state index in [1.165, 1.54) is 6.07 Å². The number of hydrogen-bond donors (Lipinski definition) is 1. The molecule has 0 fully saturated rings. The molecule has 1 nitrogen and oxygen atoms in total. The first-order valence-electron chi connectivity index (χ1n) is 5.06. The molecule has 0 saturated carbocycles. The zero-order valence-electron chi connectivity index (χ0n) is 9.64. The van der Waals surface area contributed by atoms with Gasteiger partial charge in [-0.15, -0.1) is 6.42 Å². The van der Waals surface area contributed by atoms with Gasteiger partial charge in [-0.25, -0.2) is 4.39 Å². The molecule has 1 unspecified atom stereocenters. The molecule has 1 aromatic rings. The molecule has 3 heteroatoms. The van der Waals surface area contributed by atoms with Crippen molar-refractivity contribution in [2.75, 3.05) is 0 Å². The van der Waals surface area contributed by atoms with Crippen molar-refractivity contribution in [1.29, 1.82) is 0 Å². The zero-order chi connectivity index (χ0) is 12.3. The molecule has 1 rings (SSSR count). The standard InChI is InChI=1S/C13H15ClFN/c1-5-13(3,4)16-9(2)10-6-7-12(15)11(14)8-10/h1,6-9,16H,2-4H3. The van der Waals surface area contributed by atoms with E-state index in [1.54, 1.807) is 12.1 Å². The summed E-state index contributed by atoms with van der Waals surface area (Å²) in [4.78, 5) is 0. The van der Waals surface area contributed by atoms with E-state index in [4.69, 9.17) is 18.0 Å². The first kappa shape index (κ1) is 13.0. The van der Waals surface area contributed by atoms with Crippen LogP contribution >= 0.6 is 11.6 Å². The molecule has 1 N–H and O–H groups in total. The minimum Gasteiger partial charge on any atom is -0.295 e. The summed E-state index contributed by atoms with van der Waals surface area (Å²) in [5, 5.41) is 3.38. The van der Waals surface area contributed by atoms with Crippen LogP contribution in [0.15, 0.2) is 18.2 Å². The van der Waals surface area contributed by atoms with E-state index in [0.717, 1.165) is 5.56 Å². The van der Waals surface area contributed by atoms with Crippen molar-refractivity contribution in [3.05, 3.63) is 34.6 Å². The number of halogens is 2. The quantitative estimate of drug-likeness (QED) is 0.796. The lowest BCUT2D eigenvalue weighted by Crippen LogP contribution is -2.39. The fraction of sp³-hybridized carbons (Fsp3) is 0.385. The van der Waals surface area contributed by atoms with Gasteiger partial charge in [-0.3, -0.25) is 5.32 Å². The second-order valence-corrected chi connectivity index (χ2v) is 4.72. The van der Waals surface area contributed by atoms with Gasteiger partial charge in [-0.05, 0) is 38.5 Å². The van der Waals surface area contributed by atoms with Crippen molar-refractivity contribution in [2.45, 2.75) is 32.4 Å². The Morgan fingerprint density at radius 2 is 2.12 bits per heavy atom. The van der Waals surface area contributed by atoms with E-state index < -0.39 is 11.4 Å². The fourth-order valence-electron chi connectivity index (χ4n) is 1.45. The van der Waals surface area contributed by atoms with Crippen molar-refractivity contribution < 1.29 is 4.39 Å². The molecule has 0 aliphatic rings. The van der Waals surface area contributed by atoms with Crippen molar-refractivity contribution in [1.82, 2.24) is 5.32 Å². The van der Waals surface area contributed by atoms with Crippen LogP contribution in [0.25, 0.3) is 0 Å². The number of benzene rings is 1. The van der Waals surface area contributed by atoms with Gasteiger partial charge in [0.1, 0.15) is 5.82 Å². The molecule has 0 spiro atoms. The predicted molar refractivity (Wildman–Crippen MR) is 65.9 cm³/mol. The van der Waals surface area contributed by atoms with Gasteiger partial charge in [0.2, 0.25) is 0 Å². The summed E-state index contributed by atoms with van der Waals surface area (Å²) in [6.07, 6.45) is 5.39. The molecule has 0 radical (unpaired) electrons. The SMILES string of the molecule is C#CC(C)(C)NC(C)c1ccc(F)c(Cl)c1. The summed E-state index contributed by atoms with van der Waals surface area (Å²) in [7, 11) is 0.